The number of carbonyl (C=O) groups is 1. The number of nitrogen functional groups attached to an aromatic ring is 1. The molecule has 0 bridgehead atoms. The molecule has 0 radical (unpaired) electrons. The molecule has 0 saturated carbocycles. The van der Waals surface area contributed by atoms with Gasteiger partial charge in [-0.1, -0.05) is 15.9 Å². The van der Waals surface area contributed by atoms with Gasteiger partial charge in [-0.15, -0.1) is 0 Å². The Labute approximate surface area is 101 Å². The molecule has 3 nitrogen and oxygen atoms in total. The number of anilines is 1. The summed E-state index contributed by atoms with van der Waals surface area (Å²) in [5, 5.41) is 0. The smallest absolute Gasteiger partial charge is 0.170 e. The van der Waals surface area contributed by atoms with Crippen LogP contribution in [0.5, 0.6) is 0 Å². The van der Waals surface area contributed by atoms with Gasteiger partial charge >= 0.3 is 0 Å². The van der Waals surface area contributed by atoms with Crippen molar-refractivity contribution in [3.63, 3.8) is 0 Å². The van der Waals surface area contributed by atoms with Crippen molar-refractivity contribution in [1.82, 2.24) is 0 Å². The molecule has 0 atom stereocenters. The Morgan fingerprint density at radius 1 is 1.38 bits per heavy atom. The molecule has 2 N–H and O–H groups in total. The van der Waals surface area contributed by atoms with E-state index >= 15 is 0 Å². The fraction of sp³-hybridized carbons (Fsp3) is 0.0833. The molecule has 0 aliphatic rings. The second-order valence-corrected chi connectivity index (χ2v) is 4.37. The van der Waals surface area contributed by atoms with E-state index in [1.807, 2.05) is 0 Å². The Balaban J connectivity index is 2.21. The van der Waals surface area contributed by atoms with E-state index in [-0.39, 0.29) is 12.2 Å². The zero-order valence-corrected chi connectivity index (χ0v) is 10.0. The second kappa shape index (κ2) is 4.53. The number of hydrogen-bond donors (Lipinski definition) is 1. The van der Waals surface area contributed by atoms with Gasteiger partial charge in [-0.2, -0.15) is 0 Å². The Kier molecular flexibility index (Phi) is 3.10. The largest absolute Gasteiger partial charge is 0.469 e. The molecule has 0 saturated heterocycles. The SMILES string of the molecule is Nc1cc(Br)cc(C(=O)Cc2ccco2)c1. The highest BCUT2D eigenvalue weighted by Crippen LogP contribution is 2.18. The lowest BCUT2D eigenvalue weighted by molar-refractivity contribution is 0.0987. The van der Waals surface area contributed by atoms with Gasteiger partial charge < -0.3 is 10.2 Å². The van der Waals surface area contributed by atoms with Crippen LogP contribution >= 0.6 is 15.9 Å². The Hall–Kier alpha value is -1.55. The maximum Gasteiger partial charge on any atom is 0.170 e. The molecular weight excluding hydrogens is 270 g/mol. The molecule has 1 heterocycles. The summed E-state index contributed by atoms with van der Waals surface area (Å²) in [5.74, 6) is 0.645. The molecule has 1 aromatic carbocycles. The number of Topliss-reactive ketones (excluding diaryl/α,β-unsaturated/α-hetero) is 1. The first kappa shape index (κ1) is 11.0. The van der Waals surface area contributed by atoms with Crippen LogP contribution in [-0.2, 0) is 6.42 Å². The van der Waals surface area contributed by atoms with E-state index < -0.39 is 0 Å². The van der Waals surface area contributed by atoms with Gasteiger partial charge in [0.25, 0.3) is 0 Å². The standard InChI is InChI=1S/C12H10BrNO2/c13-9-4-8(5-10(14)6-9)12(15)7-11-2-1-3-16-11/h1-6H,7,14H2. The molecule has 16 heavy (non-hydrogen) atoms. The predicted molar refractivity (Wildman–Crippen MR) is 65.3 cm³/mol. The van der Waals surface area contributed by atoms with Crippen molar-refractivity contribution in [3.8, 4) is 0 Å². The number of rotatable bonds is 3. The highest BCUT2D eigenvalue weighted by Gasteiger charge is 2.10. The summed E-state index contributed by atoms with van der Waals surface area (Å²) >= 11 is 3.30. The average Bonchev–Trinajstić information content (AvgIpc) is 2.68. The van der Waals surface area contributed by atoms with Crippen LogP contribution in [0.15, 0.2) is 45.5 Å². The zero-order valence-electron chi connectivity index (χ0n) is 8.44. The highest BCUT2D eigenvalue weighted by molar-refractivity contribution is 9.10. The average molecular weight is 280 g/mol. The van der Waals surface area contributed by atoms with Crippen LogP contribution in [0, 0.1) is 0 Å². The fourth-order valence-corrected chi connectivity index (χ4v) is 1.96. The predicted octanol–water partition coefficient (Wildman–Crippen LogP) is 3.05. The van der Waals surface area contributed by atoms with Gasteiger partial charge in [0, 0.05) is 15.7 Å². The van der Waals surface area contributed by atoms with Crippen LogP contribution < -0.4 is 5.73 Å². The molecule has 0 aliphatic carbocycles. The maximum atomic E-state index is 11.9. The third-order valence-electron chi connectivity index (χ3n) is 2.16. The van der Waals surface area contributed by atoms with Crippen molar-refractivity contribution in [3.05, 3.63) is 52.4 Å². The third kappa shape index (κ3) is 2.52. The lowest BCUT2D eigenvalue weighted by Gasteiger charge is -2.02. The number of hydrogen-bond acceptors (Lipinski definition) is 3. The van der Waals surface area contributed by atoms with Crippen LogP contribution in [0.3, 0.4) is 0 Å². The van der Waals surface area contributed by atoms with Crippen LogP contribution in [-0.4, -0.2) is 5.78 Å². The summed E-state index contributed by atoms with van der Waals surface area (Å²) < 4.78 is 5.92. The van der Waals surface area contributed by atoms with E-state index in [2.05, 4.69) is 15.9 Å². The van der Waals surface area contributed by atoms with Gasteiger partial charge in [-0.25, -0.2) is 0 Å². The minimum atomic E-state index is -0.0112. The van der Waals surface area contributed by atoms with Gasteiger partial charge in [-0.3, -0.25) is 4.79 Å². The minimum Gasteiger partial charge on any atom is -0.469 e. The van der Waals surface area contributed by atoms with Gasteiger partial charge in [0.1, 0.15) is 5.76 Å². The summed E-state index contributed by atoms with van der Waals surface area (Å²) in [7, 11) is 0. The topological polar surface area (TPSA) is 56.2 Å². The Morgan fingerprint density at radius 2 is 2.19 bits per heavy atom. The summed E-state index contributed by atoms with van der Waals surface area (Å²) in [5.41, 5.74) is 6.82. The number of nitrogens with two attached hydrogens (primary N) is 1. The van der Waals surface area contributed by atoms with Crippen molar-refractivity contribution in [1.29, 1.82) is 0 Å². The van der Waals surface area contributed by atoms with E-state index in [9.17, 15) is 4.79 Å². The summed E-state index contributed by atoms with van der Waals surface area (Å²) in [6.07, 6.45) is 1.81. The quantitative estimate of drug-likeness (QED) is 0.694. The number of furan rings is 1. The highest BCUT2D eigenvalue weighted by atomic mass is 79.9. The molecule has 0 unspecified atom stereocenters. The van der Waals surface area contributed by atoms with Crippen molar-refractivity contribution in [2.75, 3.05) is 5.73 Å². The molecular formula is C12H10BrNO2. The van der Waals surface area contributed by atoms with Crippen molar-refractivity contribution >= 4 is 27.4 Å². The van der Waals surface area contributed by atoms with Crippen LogP contribution in [0.2, 0.25) is 0 Å². The Morgan fingerprint density at radius 3 is 2.81 bits per heavy atom. The molecule has 0 aliphatic heterocycles. The monoisotopic (exact) mass is 279 g/mol. The van der Waals surface area contributed by atoms with Gasteiger partial charge in [0.05, 0.1) is 12.7 Å². The summed E-state index contributed by atoms with van der Waals surface area (Å²) in [6, 6.07) is 8.71. The third-order valence-corrected chi connectivity index (χ3v) is 2.61. The molecule has 2 aromatic rings. The summed E-state index contributed by atoms with van der Waals surface area (Å²) in [6.45, 7) is 0. The van der Waals surface area contributed by atoms with E-state index in [0.29, 0.717) is 17.0 Å². The number of benzene rings is 1. The number of ketones is 1. The summed E-state index contributed by atoms with van der Waals surface area (Å²) in [4.78, 5) is 11.9. The lowest BCUT2D eigenvalue weighted by atomic mass is 10.1. The molecule has 2 rings (SSSR count). The maximum absolute atomic E-state index is 11.9. The molecule has 0 fully saturated rings. The van der Waals surface area contributed by atoms with E-state index in [0.717, 1.165) is 4.47 Å². The van der Waals surface area contributed by atoms with E-state index in [4.69, 9.17) is 10.2 Å². The molecule has 4 heteroatoms. The molecule has 0 amide bonds. The zero-order chi connectivity index (χ0) is 11.5. The van der Waals surface area contributed by atoms with Crippen LogP contribution in [0.4, 0.5) is 5.69 Å². The second-order valence-electron chi connectivity index (χ2n) is 3.45. The molecule has 1 aromatic heterocycles. The van der Waals surface area contributed by atoms with E-state index in [1.54, 1.807) is 36.6 Å². The first-order valence-electron chi connectivity index (χ1n) is 4.77. The van der Waals surface area contributed by atoms with Gasteiger partial charge in [-0.05, 0) is 30.3 Å². The number of halogens is 1. The first-order valence-corrected chi connectivity index (χ1v) is 5.56. The van der Waals surface area contributed by atoms with Crippen LogP contribution in [0.25, 0.3) is 0 Å². The van der Waals surface area contributed by atoms with Crippen LogP contribution in [0.1, 0.15) is 16.1 Å². The van der Waals surface area contributed by atoms with E-state index in [1.165, 1.54) is 0 Å². The lowest BCUT2D eigenvalue weighted by Crippen LogP contribution is -2.03. The van der Waals surface area contributed by atoms with Crippen molar-refractivity contribution < 1.29 is 9.21 Å². The fourth-order valence-electron chi connectivity index (χ4n) is 1.45. The molecule has 0 spiro atoms. The van der Waals surface area contributed by atoms with Crippen molar-refractivity contribution in [2.45, 2.75) is 6.42 Å². The molecule has 82 valence electrons. The Bertz CT molecular complexity index is 485. The normalized spacial score (nSPS) is 10.3. The first-order chi connectivity index (χ1) is 7.65. The van der Waals surface area contributed by atoms with Crippen molar-refractivity contribution in [2.24, 2.45) is 0 Å². The van der Waals surface area contributed by atoms with Gasteiger partial charge in [0.15, 0.2) is 5.78 Å². The van der Waals surface area contributed by atoms with Gasteiger partial charge in [0.2, 0.25) is 0 Å². The minimum absolute atomic E-state index is 0.0112. The number of carbonyl (C=O) groups excluding carboxylic acids is 1.